The lowest BCUT2D eigenvalue weighted by molar-refractivity contribution is 0.484. The van der Waals surface area contributed by atoms with Crippen molar-refractivity contribution >= 4 is 10.9 Å². The molecule has 1 N–H and O–H groups in total. The molecule has 3 heteroatoms. The van der Waals surface area contributed by atoms with E-state index in [1.54, 1.807) is 6.26 Å². The molecule has 1 aromatic carbocycles. The lowest BCUT2D eigenvalue weighted by Crippen LogP contribution is -2.04. The Morgan fingerprint density at radius 1 is 1.38 bits per heavy atom. The van der Waals surface area contributed by atoms with Crippen LogP contribution in [0.2, 0.25) is 0 Å². The van der Waals surface area contributed by atoms with Crippen molar-refractivity contribution in [2.75, 3.05) is 0 Å². The third-order valence-corrected chi connectivity index (χ3v) is 2.24. The van der Waals surface area contributed by atoms with Gasteiger partial charge in [-0.1, -0.05) is 19.1 Å². The van der Waals surface area contributed by atoms with E-state index in [0.717, 1.165) is 17.3 Å². The summed E-state index contributed by atoms with van der Waals surface area (Å²) in [6.45, 7) is 2.02. The lowest BCUT2D eigenvalue weighted by atomic mass is 10.2. The molecule has 1 heterocycles. The van der Waals surface area contributed by atoms with E-state index in [9.17, 15) is 4.79 Å². The first-order chi connectivity index (χ1) is 7.81. The van der Waals surface area contributed by atoms with E-state index in [2.05, 4.69) is 4.98 Å². The molecule has 1 aromatic heterocycles. The van der Waals surface area contributed by atoms with Crippen LogP contribution in [0.5, 0.6) is 5.75 Å². The van der Waals surface area contributed by atoms with E-state index in [1.807, 2.05) is 37.3 Å². The first-order valence-electron chi connectivity index (χ1n) is 5.25. The lowest BCUT2D eigenvalue weighted by Gasteiger charge is -2.04. The van der Waals surface area contributed by atoms with Crippen LogP contribution in [0.1, 0.15) is 13.3 Å². The maximum absolute atomic E-state index is 11.4. The van der Waals surface area contributed by atoms with E-state index >= 15 is 0 Å². The second-order valence-corrected chi connectivity index (χ2v) is 3.44. The number of aromatic amines is 1. The van der Waals surface area contributed by atoms with Crippen LogP contribution in [0, 0.1) is 0 Å². The number of fused-ring (bicyclic) bond motifs is 1. The van der Waals surface area contributed by atoms with Crippen LogP contribution in [0.4, 0.5) is 0 Å². The van der Waals surface area contributed by atoms with Gasteiger partial charge in [-0.3, -0.25) is 4.79 Å². The van der Waals surface area contributed by atoms with Crippen LogP contribution in [0.15, 0.2) is 47.5 Å². The minimum atomic E-state index is -0.154. The molecule has 2 rings (SSSR count). The van der Waals surface area contributed by atoms with Gasteiger partial charge in [-0.15, -0.1) is 0 Å². The van der Waals surface area contributed by atoms with Crippen molar-refractivity contribution in [2.45, 2.75) is 13.3 Å². The van der Waals surface area contributed by atoms with Crippen LogP contribution in [-0.2, 0) is 0 Å². The van der Waals surface area contributed by atoms with Gasteiger partial charge in [0.1, 0.15) is 5.75 Å². The first kappa shape index (κ1) is 10.5. The van der Waals surface area contributed by atoms with Crippen LogP contribution >= 0.6 is 0 Å². The molecule has 0 fully saturated rings. The molecular formula is C13H13NO2. The Balaban J connectivity index is 2.50. The SMILES string of the molecule is CC/C=C/Oc1cc(=O)[nH]c2ccccc12. The minimum Gasteiger partial charge on any atom is -0.464 e. The minimum absolute atomic E-state index is 0.154. The molecule has 0 spiro atoms. The summed E-state index contributed by atoms with van der Waals surface area (Å²) >= 11 is 0. The van der Waals surface area contributed by atoms with Crippen LogP contribution in [0.3, 0.4) is 0 Å². The number of pyridine rings is 1. The second-order valence-electron chi connectivity index (χ2n) is 3.44. The molecule has 2 aromatic rings. The fourth-order valence-corrected chi connectivity index (χ4v) is 1.49. The number of H-pyrrole nitrogens is 1. The van der Waals surface area contributed by atoms with Crippen molar-refractivity contribution in [2.24, 2.45) is 0 Å². The number of aromatic nitrogens is 1. The summed E-state index contributed by atoms with van der Waals surface area (Å²) in [5.74, 6) is 0.587. The van der Waals surface area contributed by atoms with Crippen molar-refractivity contribution in [1.82, 2.24) is 4.98 Å². The third kappa shape index (κ3) is 2.14. The van der Waals surface area contributed by atoms with Gasteiger partial charge in [0.15, 0.2) is 0 Å². The summed E-state index contributed by atoms with van der Waals surface area (Å²) in [4.78, 5) is 14.1. The van der Waals surface area contributed by atoms with Gasteiger partial charge in [-0.05, 0) is 24.6 Å². The molecule has 0 aliphatic carbocycles. The van der Waals surface area contributed by atoms with Gasteiger partial charge in [0.2, 0.25) is 0 Å². The Morgan fingerprint density at radius 3 is 3.00 bits per heavy atom. The van der Waals surface area contributed by atoms with Gasteiger partial charge in [0, 0.05) is 11.5 Å². The van der Waals surface area contributed by atoms with Crippen LogP contribution in [-0.4, -0.2) is 4.98 Å². The van der Waals surface area contributed by atoms with E-state index in [4.69, 9.17) is 4.74 Å². The predicted octanol–water partition coefficient (Wildman–Crippen LogP) is 2.83. The Kier molecular flexibility index (Phi) is 3.05. The standard InChI is InChI=1S/C13H13NO2/c1-2-3-8-16-12-9-13(15)14-11-7-5-4-6-10(11)12/h3-9H,2H2,1H3,(H,14,15)/b8-3+. The van der Waals surface area contributed by atoms with E-state index < -0.39 is 0 Å². The fraction of sp³-hybridized carbons (Fsp3) is 0.154. The van der Waals surface area contributed by atoms with Gasteiger partial charge >= 0.3 is 0 Å². The van der Waals surface area contributed by atoms with Gasteiger partial charge in [0.05, 0.1) is 11.8 Å². The fourth-order valence-electron chi connectivity index (χ4n) is 1.49. The molecule has 0 atom stereocenters. The summed E-state index contributed by atoms with van der Waals surface area (Å²) in [5, 5.41) is 0.905. The Labute approximate surface area is 93.4 Å². The predicted molar refractivity (Wildman–Crippen MR) is 64.6 cm³/mol. The van der Waals surface area contributed by atoms with Gasteiger partial charge in [-0.25, -0.2) is 0 Å². The second kappa shape index (κ2) is 4.66. The van der Waals surface area contributed by atoms with Crippen LogP contribution < -0.4 is 10.3 Å². The molecule has 82 valence electrons. The molecular weight excluding hydrogens is 202 g/mol. The highest BCUT2D eigenvalue weighted by Crippen LogP contribution is 2.21. The number of benzene rings is 1. The number of hydrogen-bond donors (Lipinski definition) is 1. The summed E-state index contributed by atoms with van der Waals surface area (Å²) in [6.07, 6.45) is 4.41. The number of para-hydroxylation sites is 1. The smallest absolute Gasteiger partial charge is 0.252 e. The van der Waals surface area contributed by atoms with Crippen molar-refractivity contribution in [3.05, 3.63) is 53.0 Å². The summed E-state index contributed by atoms with van der Waals surface area (Å²) in [5.41, 5.74) is 0.633. The topological polar surface area (TPSA) is 42.1 Å². The van der Waals surface area contributed by atoms with Crippen molar-refractivity contribution in [3.8, 4) is 5.75 Å². The van der Waals surface area contributed by atoms with Crippen LogP contribution in [0.25, 0.3) is 10.9 Å². The van der Waals surface area contributed by atoms with E-state index in [0.29, 0.717) is 5.75 Å². The maximum atomic E-state index is 11.4. The Bertz CT molecular complexity index is 569. The van der Waals surface area contributed by atoms with E-state index in [-0.39, 0.29) is 5.56 Å². The quantitative estimate of drug-likeness (QED) is 0.800. The van der Waals surface area contributed by atoms with Crippen molar-refractivity contribution < 1.29 is 4.74 Å². The number of rotatable bonds is 3. The monoisotopic (exact) mass is 215 g/mol. The molecule has 0 radical (unpaired) electrons. The highest BCUT2D eigenvalue weighted by atomic mass is 16.5. The number of allylic oxidation sites excluding steroid dienone is 1. The summed E-state index contributed by atoms with van der Waals surface area (Å²) in [6, 6.07) is 9.02. The largest absolute Gasteiger partial charge is 0.464 e. The zero-order valence-corrected chi connectivity index (χ0v) is 9.07. The van der Waals surface area contributed by atoms with Crippen molar-refractivity contribution in [3.63, 3.8) is 0 Å². The molecule has 0 amide bonds. The molecule has 0 saturated heterocycles. The zero-order chi connectivity index (χ0) is 11.4. The average molecular weight is 215 g/mol. The molecule has 0 unspecified atom stereocenters. The van der Waals surface area contributed by atoms with Crippen molar-refractivity contribution in [1.29, 1.82) is 0 Å². The third-order valence-electron chi connectivity index (χ3n) is 2.24. The Morgan fingerprint density at radius 2 is 2.19 bits per heavy atom. The number of ether oxygens (including phenoxy) is 1. The summed E-state index contributed by atoms with van der Waals surface area (Å²) in [7, 11) is 0. The molecule has 0 aliphatic heterocycles. The average Bonchev–Trinajstić information content (AvgIpc) is 2.29. The Hall–Kier alpha value is -2.03. The summed E-state index contributed by atoms with van der Waals surface area (Å²) < 4.78 is 5.44. The highest BCUT2D eigenvalue weighted by molar-refractivity contribution is 5.84. The number of hydrogen-bond acceptors (Lipinski definition) is 2. The molecule has 3 nitrogen and oxygen atoms in total. The number of nitrogens with one attached hydrogen (secondary N) is 1. The van der Waals surface area contributed by atoms with Gasteiger partial charge in [-0.2, -0.15) is 0 Å². The molecule has 0 saturated carbocycles. The first-order valence-corrected chi connectivity index (χ1v) is 5.25. The normalized spacial score (nSPS) is 11.1. The maximum Gasteiger partial charge on any atom is 0.252 e. The molecule has 0 aliphatic rings. The molecule has 0 bridgehead atoms. The zero-order valence-electron chi connectivity index (χ0n) is 9.07. The molecule has 16 heavy (non-hydrogen) atoms. The van der Waals surface area contributed by atoms with E-state index in [1.165, 1.54) is 6.07 Å². The van der Waals surface area contributed by atoms with Gasteiger partial charge < -0.3 is 9.72 Å². The highest BCUT2D eigenvalue weighted by Gasteiger charge is 2.02. The van der Waals surface area contributed by atoms with Gasteiger partial charge in [0.25, 0.3) is 5.56 Å².